The molecule has 0 aliphatic carbocycles. The molecule has 29 heavy (non-hydrogen) atoms. The Kier molecular flexibility index (Phi) is 6.02. The molecule has 1 atom stereocenters. The van der Waals surface area contributed by atoms with Crippen LogP contribution in [0.1, 0.15) is 51.2 Å². The van der Waals surface area contributed by atoms with Crippen LogP contribution >= 0.6 is 0 Å². The predicted molar refractivity (Wildman–Crippen MR) is 107 cm³/mol. The Morgan fingerprint density at radius 1 is 0.897 bits per heavy atom. The van der Waals surface area contributed by atoms with E-state index < -0.39 is 35.8 Å². The van der Waals surface area contributed by atoms with Crippen molar-refractivity contribution in [1.29, 1.82) is 0 Å². The Bertz CT molecular complexity index is 829. The van der Waals surface area contributed by atoms with Crippen molar-refractivity contribution >= 4 is 7.12 Å². The third-order valence-electron chi connectivity index (χ3n) is 5.92. The zero-order valence-corrected chi connectivity index (χ0v) is 17.4. The number of ether oxygens (including phenoxy) is 1. The molecule has 156 valence electrons. The van der Waals surface area contributed by atoms with Gasteiger partial charge < -0.3 is 14.0 Å². The standard InChI is InChI=1S/C22H26BF3O3/c1-21(2)22(3,4)29-23(28-21)11-10-17(14-6-8-16(27-5)9-7-14)15-12-18(24)20(26)19(25)13-15/h6-9,12-13,17H,10-11H2,1-5H3. The zero-order valence-electron chi connectivity index (χ0n) is 17.4. The minimum atomic E-state index is -1.46. The Morgan fingerprint density at radius 3 is 1.90 bits per heavy atom. The van der Waals surface area contributed by atoms with Crippen molar-refractivity contribution in [2.75, 3.05) is 7.11 Å². The van der Waals surface area contributed by atoms with Crippen LogP contribution in [0.15, 0.2) is 36.4 Å². The Balaban J connectivity index is 1.87. The van der Waals surface area contributed by atoms with E-state index in [1.807, 2.05) is 39.8 Å². The van der Waals surface area contributed by atoms with E-state index >= 15 is 0 Å². The van der Waals surface area contributed by atoms with E-state index in [9.17, 15) is 13.2 Å². The molecular weight excluding hydrogens is 380 g/mol. The number of halogens is 3. The second-order valence-electron chi connectivity index (χ2n) is 8.39. The van der Waals surface area contributed by atoms with Gasteiger partial charge in [-0.3, -0.25) is 0 Å². The molecule has 0 N–H and O–H groups in total. The minimum absolute atomic E-state index is 0.357. The van der Waals surface area contributed by atoms with Crippen LogP contribution in [-0.4, -0.2) is 25.4 Å². The van der Waals surface area contributed by atoms with E-state index in [0.29, 0.717) is 24.1 Å². The molecule has 1 aliphatic heterocycles. The summed E-state index contributed by atoms with van der Waals surface area (Å²) in [6.45, 7) is 7.88. The maximum atomic E-state index is 13.9. The fraction of sp³-hybridized carbons (Fsp3) is 0.455. The van der Waals surface area contributed by atoms with Crippen molar-refractivity contribution in [3.63, 3.8) is 0 Å². The highest BCUT2D eigenvalue weighted by molar-refractivity contribution is 6.45. The molecule has 0 bridgehead atoms. The molecule has 1 saturated heterocycles. The third-order valence-corrected chi connectivity index (χ3v) is 5.92. The summed E-state index contributed by atoms with van der Waals surface area (Å²) in [4.78, 5) is 0. The zero-order chi connectivity index (χ0) is 21.4. The summed E-state index contributed by atoms with van der Waals surface area (Å²) in [6.07, 6.45) is 1.03. The van der Waals surface area contributed by atoms with Crippen LogP contribution in [-0.2, 0) is 9.31 Å². The maximum absolute atomic E-state index is 13.9. The molecule has 0 radical (unpaired) electrons. The second kappa shape index (κ2) is 8.03. The average molecular weight is 406 g/mol. The fourth-order valence-electron chi connectivity index (χ4n) is 3.52. The molecule has 0 saturated carbocycles. The molecule has 1 fully saturated rings. The number of benzene rings is 2. The van der Waals surface area contributed by atoms with Crippen LogP contribution in [0, 0.1) is 17.5 Å². The molecule has 7 heteroatoms. The van der Waals surface area contributed by atoms with Gasteiger partial charge in [0.25, 0.3) is 0 Å². The van der Waals surface area contributed by atoms with Gasteiger partial charge in [0.05, 0.1) is 18.3 Å². The fourth-order valence-corrected chi connectivity index (χ4v) is 3.52. The summed E-state index contributed by atoms with van der Waals surface area (Å²) in [5.41, 5.74) is 0.291. The maximum Gasteiger partial charge on any atom is 0.457 e. The summed E-state index contributed by atoms with van der Waals surface area (Å²) >= 11 is 0. The van der Waals surface area contributed by atoms with Crippen LogP contribution in [0.5, 0.6) is 5.75 Å². The van der Waals surface area contributed by atoms with Crippen molar-refractivity contribution in [3.8, 4) is 5.75 Å². The van der Waals surface area contributed by atoms with Gasteiger partial charge in [0, 0.05) is 5.92 Å². The number of hydrogen-bond acceptors (Lipinski definition) is 3. The van der Waals surface area contributed by atoms with Crippen LogP contribution in [0.25, 0.3) is 0 Å². The minimum Gasteiger partial charge on any atom is -0.497 e. The topological polar surface area (TPSA) is 27.7 Å². The molecule has 3 rings (SSSR count). The molecule has 3 nitrogen and oxygen atoms in total. The molecule has 2 aromatic carbocycles. The van der Waals surface area contributed by atoms with Gasteiger partial charge in [-0.2, -0.15) is 0 Å². The van der Waals surface area contributed by atoms with E-state index in [-0.39, 0.29) is 5.92 Å². The summed E-state index contributed by atoms with van der Waals surface area (Å²) in [7, 11) is 1.13. The first-order valence-corrected chi connectivity index (χ1v) is 9.68. The Morgan fingerprint density at radius 2 is 1.41 bits per heavy atom. The predicted octanol–water partition coefficient (Wildman–Crippen LogP) is 5.73. The van der Waals surface area contributed by atoms with E-state index in [2.05, 4.69) is 0 Å². The number of rotatable bonds is 6. The van der Waals surface area contributed by atoms with Crippen molar-refractivity contribution in [2.45, 2.75) is 57.6 Å². The number of methoxy groups -OCH3 is 1. The first-order chi connectivity index (χ1) is 13.5. The lowest BCUT2D eigenvalue weighted by Gasteiger charge is -2.32. The molecule has 1 heterocycles. The van der Waals surface area contributed by atoms with Crippen molar-refractivity contribution < 1.29 is 27.2 Å². The Labute approximate surface area is 170 Å². The molecular formula is C22H26BF3O3. The van der Waals surface area contributed by atoms with Crippen molar-refractivity contribution in [2.24, 2.45) is 0 Å². The van der Waals surface area contributed by atoms with Gasteiger partial charge in [0.15, 0.2) is 17.5 Å². The van der Waals surface area contributed by atoms with Gasteiger partial charge in [0.1, 0.15) is 5.75 Å². The highest BCUT2D eigenvalue weighted by Gasteiger charge is 2.50. The second-order valence-corrected chi connectivity index (χ2v) is 8.39. The van der Waals surface area contributed by atoms with Crippen molar-refractivity contribution in [3.05, 3.63) is 65.0 Å². The Hall–Kier alpha value is -1.99. The summed E-state index contributed by atoms with van der Waals surface area (Å²) in [5, 5.41) is 0. The molecule has 1 aliphatic rings. The normalized spacial score (nSPS) is 18.7. The van der Waals surface area contributed by atoms with E-state index in [1.165, 1.54) is 0 Å². The van der Waals surface area contributed by atoms with E-state index in [1.54, 1.807) is 19.2 Å². The van der Waals surface area contributed by atoms with Crippen LogP contribution in [0.4, 0.5) is 13.2 Å². The lowest BCUT2D eigenvalue weighted by atomic mass is 9.76. The summed E-state index contributed by atoms with van der Waals surface area (Å²) in [5.74, 6) is -3.55. The van der Waals surface area contributed by atoms with E-state index in [0.717, 1.165) is 17.7 Å². The monoisotopic (exact) mass is 406 g/mol. The lowest BCUT2D eigenvalue weighted by Crippen LogP contribution is -2.41. The molecule has 1 unspecified atom stereocenters. The average Bonchev–Trinajstić information content (AvgIpc) is 2.87. The first kappa shape index (κ1) is 21.7. The largest absolute Gasteiger partial charge is 0.497 e. The SMILES string of the molecule is COc1ccc(C(CCB2OC(C)(C)C(C)(C)O2)c2cc(F)c(F)c(F)c2)cc1. The van der Waals surface area contributed by atoms with Gasteiger partial charge in [-0.25, -0.2) is 13.2 Å². The van der Waals surface area contributed by atoms with Gasteiger partial charge >= 0.3 is 7.12 Å². The summed E-state index contributed by atoms with van der Waals surface area (Å²) < 4.78 is 58.5. The first-order valence-electron chi connectivity index (χ1n) is 9.68. The lowest BCUT2D eigenvalue weighted by molar-refractivity contribution is 0.00578. The van der Waals surface area contributed by atoms with Gasteiger partial charge in [-0.05, 0) is 75.8 Å². The smallest absolute Gasteiger partial charge is 0.457 e. The van der Waals surface area contributed by atoms with E-state index in [4.69, 9.17) is 14.0 Å². The van der Waals surface area contributed by atoms with Crippen LogP contribution in [0.2, 0.25) is 6.32 Å². The van der Waals surface area contributed by atoms with Gasteiger partial charge in [-0.1, -0.05) is 12.1 Å². The third kappa shape index (κ3) is 4.46. The molecule has 2 aromatic rings. The van der Waals surface area contributed by atoms with Crippen molar-refractivity contribution in [1.82, 2.24) is 0 Å². The number of hydrogen-bond donors (Lipinski definition) is 0. The molecule has 0 amide bonds. The highest BCUT2D eigenvalue weighted by Crippen LogP contribution is 2.40. The van der Waals surface area contributed by atoms with Crippen LogP contribution in [0.3, 0.4) is 0 Å². The van der Waals surface area contributed by atoms with Gasteiger partial charge in [0.2, 0.25) is 0 Å². The van der Waals surface area contributed by atoms with Crippen LogP contribution < -0.4 is 4.74 Å². The molecule has 0 aromatic heterocycles. The quantitative estimate of drug-likeness (QED) is 0.453. The summed E-state index contributed by atoms with van der Waals surface area (Å²) in [6, 6.07) is 9.36. The highest BCUT2D eigenvalue weighted by atomic mass is 19.2. The van der Waals surface area contributed by atoms with Gasteiger partial charge in [-0.15, -0.1) is 0 Å². The molecule has 0 spiro atoms.